The molecule has 2 heterocycles. The van der Waals surface area contributed by atoms with Crippen LogP contribution >= 0.6 is 0 Å². The van der Waals surface area contributed by atoms with Gasteiger partial charge in [-0.2, -0.15) is 30.0 Å². The lowest BCUT2D eigenvalue weighted by Gasteiger charge is -2.47. The van der Waals surface area contributed by atoms with E-state index in [9.17, 15) is 45.4 Å². The van der Waals surface area contributed by atoms with Gasteiger partial charge in [-0.15, -0.1) is 0 Å². The molecule has 0 aromatic rings. The number of aliphatic carboxylic acids is 1. The average Bonchev–Trinajstić information content (AvgIpc) is 2.75. The molecule has 2 fully saturated rings. The topological polar surface area (TPSA) is 318 Å². The van der Waals surface area contributed by atoms with Crippen LogP contribution in [0.1, 0.15) is 22.3 Å². The molecule has 2 saturated heterocycles. The van der Waals surface area contributed by atoms with E-state index in [1.807, 2.05) is 0 Å². The van der Waals surface area contributed by atoms with Crippen LogP contribution in [0.3, 0.4) is 0 Å². The summed E-state index contributed by atoms with van der Waals surface area (Å²) in [4.78, 5) is 11.6. The SMILES string of the molecule is C.C.C.COC1OC(COS(=O)(=O)O)C(OC2OC(C(=O)O)C(OC)C(O)C2OS(=O)(=O)O)C(O)C1NS(=O)(=O)O. The highest BCUT2D eigenvalue weighted by molar-refractivity contribution is 7.83. The van der Waals surface area contributed by atoms with E-state index in [1.165, 1.54) is 4.72 Å². The normalized spacial score (nSPS) is 34.4. The van der Waals surface area contributed by atoms with Crippen LogP contribution in [0.2, 0.25) is 0 Å². The molecule has 2 aliphatic rings. The molecule has 0 aromatic heterocycles. The largest absolute Gasteiger partial charge is 0.479 e. The highest BCUT2D eigenvalue weighted by atomic mass is 32.3. The van der Waals surface area contributed by atoms with Gasteiger partial charge in [-0.3, -0.25) is 13.7 Å². The second-order valence-corrected chi connectivity index (χ2v) is 11.0. The lowest BCUT2D eigenvalue weighted by atomic mass is 9.96. The molecule has 248 valence electrons. The molecule has 41 heavy (non-hydrogen) atoms. The first-order chi connectivity index (χ1) is 17.3. The molecule has 0 aliphatic carbocycles. The monoisotopic (exact) mass is 671 g/mol. The van der Waals surface area contributed by atoms with Gasteiger partial charge in [-0.1, -0.05) is 22.3 Å². The van der Waals surface area contributed by atoms with Crippen molar-refractivity contribution >= 4 is 37.1 Å². The van der Waals surface area contributed by atoms with Gasteiger partial charge in [-0.25, -0.2) is 13.2 Å². The Labute approximate surface area is 237 Å². The Morgan fingerprint density at radius 3 is 1.78 bits per heavy atom. The van der Waals surface area contributed by atoms with Crippen molar-refractivity contribution in [3.63, 3.8) is 0 Å². The van der Waals surface area contributed by atoms with E-state index in [0.29, 0.717) is 0 Å². The Hall–Kier alpha value is -1.20. The average molecular weight is 672 g/mol. The highest BCUT2D eigenvalue weighted by Crippen LogP contribution is 2.32. The summed E-state index contributed by atoms with van der Waals surface area (Å²) in [5, 5.41) is 30.8. The summed E-state index contributed by atoms with van der Waals surface area (Å²) in [7, 11) is -13.8. The Morgan fingerprint density at radius 2 is 1.37 bits per heavy atom. The molecule has 24 heteroatoms. The van der Waals surface area contributed by atoms with Crippen molar-refractivity contribution in [1.29, 1.82) is 0 Å². The lowest BCUT2D eigenvalue weighted by Crippen LogP contribution is -2.68. The van der Waals surface area contributed by atoms with Gasteiger partial charge in [0, 0.05) is 14.2 Å². The number of carbonyl (C=O) groups is 1. The fourth-order valence-corrected chi connectivity index (χ4v) is 5.06. The van der Waals surface area contributed by atoms with Gasteiger partial charge in [0.05, 0.1) is 6.61 Å². The van der Waals surface area contributed by atoms with Crippen molar-refractivity contribution in [2.45, 2.75) is 83.6 Å². The first-order valence-corrected chi connectivity index (χ1v) is 14.1. The molecule has 0 saturated carbocycles. The zero-order chi connectivity index (χ0) is 29.2. The summed E-state index contributed by atoms with van der Waals surface area (Å²) < 4.78 is 130. The lowest BCUT2D eigenvalue weighted by molar-refractivity contribution is -0.339. The van der Waals surface area contributed by atoms with Gasteiger partial charge in [0.2, 0.25) is 0 Å². The molecule has 2 aliphatic heterocycles. The Morgan fingerprint density at radius 1 is 0.805 bits per heavy atom. The van der Waals surface area contributed by atoms with Crippen molar-refractivity contribution < 1.29 is 91.1 Å². The Bertz CT molecular complexity index is 1140. The second kappa shape index (κ2) is 16.0. The third-order valence-corrected chi connectivity index (χ3v) is 6.60. The molecular weight excluding hydrogens is 634 g/mol. The zero-order valence-electron chi connectivity index (χ0n) is 19.1. The molecule has 0 radical (unpaired) electrons. The van der Waals surface area contributed by atoms with E-state index >= 15 is 0 Å². The quantitative estimate of drug-likeness (QED) is 0.101. The fourth-order valence-electron chi connectivity index (χ4n) is 3.67. The van der Waals surface area contributed by atoms with Gasteiger partial charge in [-0.05, 0) is 0 Å². The van der Waals surface area contributed by atoms with Crippen LogP contribution < -0.4 is 4.72 Å². The fraction of sp³-hybridized carbons (Fsp3) is 0.941. The van der Waals surface area contributed by atoms with Gasteiger partial charge in [0.15, 0.2) is 24.8 Å². The van der Waals surface area contributed by atoms with Crippen molar-refractivity contribution in [3.05, 3.63) is 0 Å². The summed E-state index contributed by atoms with van der Waals surface area (Å²) in [6, 6.07) is -1.93. The van der Waals surface area contributed by atoms with Crippen molar-refractivity contribution in [1.82, 2.24) is 4.72 Å². The number of ether oxygens (including phenoxy) is 5. The number of methoxy groups -OCH3 is 2. The van der Waals surface area contributed by atoms with Crippen molar-refractivity contribution in [2.24, 2.45) is 0 Å². The van der Waals surface area contributed by atoms with E-state index in [-0.39, 0.29) is 22.3 Å². The van der Waals surface area contributed by atoms with E-state index in [4.69, 9.17) is 37.3 Å². The maximum atomic E-state index is 11.6. The number of rotatable bonds is 12. The number of nitrogens with one attached hydrogen (secondary N) is 1. The number of hydrogen-bond donors (Lipinski definition) is 7. The molecule has 0 spiro atoms. The van der Waals surface area contributed by atoms with Crippen LogP contribution in [0.4, 0.5) is 0 Å². The van der Waals surface area contributed by atoms with Crippen LogP contribution in [-0.2, 0) is 67.9 Å². The molecule has 2 rings (SSSR count). The van der Waals surface area contributed by atoms with Crippen molar-refractivity contribution in [3.8, 4) is 0 Å². The second-order valence-electron chi connectivity index (χ2n) is 7.64. The number of aliphatic hydroxyl groups is 2. The maximum Gasteiger partial charge on any atom is 0.397 e. The van der Waals surface area contributed by atoms with Gasteiger partial charge in [0.25, 0.3) is 0 Å². The molecule has 10 atom stereocenters. The summed E-state index contributed by atoms with van der Waals surface area (Å²) >= 11 is 0. The zero-order valence-corrected chi connectivity index (χ0v) is 21.6. The van der Waals surface area contributed by atoms with E-state index < -0.39 is 105 Å². The molecule has 7 N–H and O–H groups in total. The number of aliphatic hydroxyl groups excluding tert-OH is 2. The predicted octanol–water partition coefficient (Wildman–Crippen LogP) is -3.03. The standard InChI is InChI=1S/C14H25NO20S3.3CH4/c1-29-9-7(17)10(35-38(26,27)28)14(34-11(9)12(18)19)33-8-4(3-31-37(23,24)25)32-13(30-2)5(6(8)16)15-36(20,21)22;;;/h4-11,13-17H,3H2,1-2H3,(H,18,19)(H,20,21,22)(H,23,24,25)(H,26,27,28);3*1H4. The number of hydrogen-bond acceptors (Lipinski definition) is 16. The van der Waals surface area contributed by atoms with Crippen LogP contribution in [-0.4, -0.2) is 142 Å². The smallest absolute Gasteiger partial charge is 0.397 e. The third kappa shape index (κ3) is 11.8. The van der Waals surface area contributed by atoms with Crippen LogP contribution in [0.5, 0.6) is 0 Å². The first kappa shape index (κ1) is 41.9. The minimum absolute atomic E-state index is 0. The third-order valence-electron chi connectivity index (χ3n) is 5.13. The molecule has 21 nitrogen and oxygen atoms in total. The number of carboxylic acid groups (broad SMARTS) is 1. The molecule has 0 amide bonds. The molecule has 10 unspecified atom stereocenters. The minimum atomic E-state index is -5.40. The molecular formula is C17H37NO20S3. The Kier molecular flexibility index (Phi) is 16.4. The summed E-state index contributed by atoms with van der Waals surface area (Å²) in [5.74, 6) is -1.77. The highest BCUT2D eigenvalue weighted by Gasteiger charge is 2.55. The van der Waals surface area contributed by atoms with E-state index in [1.54, 1.807) is 0 Å². The minimum Gasteiger partial charge on any atom is -0.479 e. The first-order valence-electron chi connectivity index (χ1n) is 9.91. The summed E-state index contributed by atoms with van der Waals surface area (Å²) in [6.07, 6.45) is -18.7. The number of carboxylic acids is 1. The van der Waals surface area contributed by atoms with Crippen molar-refractivity contribution in [2.75, 3.05) is 20.8 Å². The van der Waals surface area contributed by atoms with Crippen LogP contribution in [0.25, 0.3) is 0 Å². The van der Waals surface area contributed by atoms with E-state index in [0.717, 1.165) is 14.2 Å². The van der Waals surface area contributed by atoms with Gasteiger partial charge in [0.1, 0.15) is 36.6 Å². The maximum absolute atomic E-state index is 11.6. The molecule has 0 aromatic carbocycles. The van der Waals surface area contributed by atoms with Gasteiger partial charge < -0.3 is 39.0 Å². The summed E-state index contributed by atoms with van der Waals surface area (Å²) in [6.45, 7) is -1.18. The Balaban J connectivity index is 0. The molecule has 0 bridgehead atoms. The van der Waals surface area contributed by atoms with E-state index in [2.05, 4.69) is 8.37 Å². The predicted molar refractivity (Wildman–Crippen MR) is 132 cm³/mol. The van der Waals surface area contributed by atoms with Gasteiger partial charge >= 0.3 is 37.1 Å². The van der Waals surface area contributed by atoms with Crippen LogP contribution in [0.15, 0.2) is 0 Å². The van der Waals surface area contributed by atoms with Crippen LogP contribution in [0, 0.1) is 0 Å². The summed E-state index contributed by atoms with van der Waals surface area (Å²) in [5.41, 5.74) is 0.